The molecule has 0 amide bonds. The molecule has 0 saturated heterocycles. The number of carboxylic acids is 1. The molecule has 19 heavy (non-hydrogen) atoms. The summed E-state index contributed by atoms with van der Waals surface area (Å²) < 4.78 is 13.5. The van der Waals surface area contributed by atoms with E-state index in [0.717, 1.165) is 0 Å². The Morgan fingerprint density at radius 2 is 2.00 bits per heavy atom. The van der Waals surface area contributed by atoms with E-state index in [4.69, 9.17) is 16.7 Å². The molecular weight excluding hydrogens is 287 g/mol. The highest BCUT2D eigenvalue weighted by Crippen LogP contribution is 2.29. The Morgan fingerprint density at radius 1 is 1.26 bits per heavy atom. The van der Waals surface area contributed by atoms with E-state index < -0.39 is 5.97 Å². The molecule has 0 fully saturated rings. The number of halogens is 2. The molecule has 0 aliphatic carbocycles. The lowest BCUT2D eigenvalue weighted by atomic mass is 10.2. The van der Waals surface area contributed by atoms with Crippen molar-refractivity contribution < 1.29 is 14.3 Å². The summed E-state index contributed by atoms with van der Waals surface area (Å²) in [6, 6.07) is 11.1. The van der Waals surface area contributed by atoms with E-state index >= 15 is 0 Å². The first-order chi connectivity index (χ1) is 9.08. The molecule has 0 radical (unpaired) electrons. The zero-order chi connectivity index (χ0) is 13.8. The standard InChI is InChI=1S/C14H10ClFO2S/c15-10-5-6-13(11(7-10)14(17)18)19-8-9-3-1-2-4-12(9)16/h1-7H,8H2,(H,17,18). The molecule has 0 spiro atoms. The number of benzene rings is 2. The third-order valence-corrected chi connectivity index (χ3v) is 3.87. The van der Waals surface area contributed by atoms with E-state index in [9.17, 15) is 9.18 Å². The average molecular weight is 297 g/mol. The summed E-state index contributed by atoms with van der Waals surface area (Å²) >= 11 is 7.04. The predicted octanol–water partition coefficient (Wildman–Crippen LogP) is 4.47. The van der Waals surface area contributed by atoms with Crippen LogP contribution < -0.4 is 0 Å². The lowest BCUT2D eigenvalue weighted by Crippen LogP contribution is -1.99. The summed E-state index contributed by atoms with van der Waals surface area (Å²) in [4.78, 5) is 11.7. The van der Waals surface area contributed by atoms with Crippen molar-refractivity contribution in [3.63, 3.8) is 0 Å². The summed E-state index contributed by atoms with van der Waals surface area (Å²) in [5.41, 5.74) is 0.674. The molecule has 0 bridgehead atoms. The van der Waals surface area contributed by atoms with Crippen molar-refractivity contribution in [1.29, 1.82) is 0 Å². The van der Waals surface area contributed by atoms with Gasteiger partial charge in [0.15, 0.2) is 0 Å². The second kappa shape index (κ2) is 6.08. The van der Waals surface area contributed by atoms with Crippen LogP contribution in [0.4, 0.5) is 4.39 Å². The van der Waals surface area contributed by atoms with Crippen LogP contribution in [0.3, 0.4) is 0 Å². The van der Waals surface area contributed by atoms with Gasteiger partial charge >= 0.3 is 5.97 Å². The molecular formula is C14H10ClFO2S. The highest BCUT2D eigenvalue weighted by atomic mass is 35.5. The molecule has 0 aliphatic rings. The van der Waals surface area contributed by atoms with Crippen LogP contribution in [-0.2, 0) is 5.75 Å². The number of carboxylic acid groups (broad SMARTS) is 1. The summed E-state index contributed by atoms with van der Waals surface area (Å²) in [6.45, 7) is 0. The van der Waals surface area contributed by atoms with Gasteiger partial charge in [0.1, 0.15) is 5.82 Å². The van der Waals surface area contributed by atoms with Crippen LogP contribution in [0, 0.1) is 5.82 Å². The monoisotopic (exact) mass is 296 g/mol. The first kappa shape index (κ1) is 13.9. The molecule has 0 saturated carbocycles. The maximum absolute atomic E-state index is 13.5. The largest absolute Gasteiger partial charge is 0.478 e. The van der Waals surface area contributed by atoms with Crippen molar-refractivity contribution in [3.05, 3.63) is 64.4 Å². The normalized spacial score (nSPS) is 10.4. The molecule has 0 heterocycles. The quantitative estimate of drug-likeness (QED) is 0.846. The van der Waals surface area contributed by atoms with Gasteiger partial charge in [0.05, 0.1) is 5.56 Å². The Morgan fingerprint density at radius 3 is 2.68 bits per heavy atom. The van der Waals surface area contributed by atoms with Crippen molar-refractivity contribution in [2.45, 2.75) is 10.6 Å². The molecule has 2 aromatic rings. The van der Waals surface area contributed by atoms with Crippen LogP contribution in [0.25, 0.3) is 0 Å². The second-order valence-electron chi connectivity index (χ2n) is 3.83. The summed E-state index contributed by atoms with van der Waals surface area (Å²) in [6.07, 6.45) is 0. The molecule has 98 valence electrons. The number of thioether (sulfide) groups is 1. The van der Waals surface area contributed by atoms with Crippen LogP contribution in [-0.4, -0.2) is 11.1 Å². The maximum Gasteiger partial charge on any atom is 0.336 e. The molecule has 2 aromatic carbocycles. The van der Waals surface area contributed by atoms with E-state index in [1.54, 1.807) is 30.3 Å². The molecule has 2 rings (SSSR count). The van der Waals surface area contributed by atoms with E-state index in [0.29, 0.717) is 21.2 Å². The molecule has 1 N–H and O–H groups in total. The molecule has 0 aliphatic heterocycles. The third-order valence-electron chi connectivity index (χ3n) is 2.51. The number of carbonyl (C=O) groups is 1. The van der Waals surface area contributed by atoms with Gasteiger partial charge in [-0.1, -0.05) is 29.8 Å². The third kappa shape index (κ3) is 3.49. The zero-order valence-electron chi connectivity index (χ0n) is 9.77. The van der Waals surface area contributed by atoms with E-state index in [1.165, 1.54) is 23.9 Å². The second-order valence-corrected chi connectivity index (χ2v) is 5.28. The summed E-state index contributed by atoms with van der Waals surface area (Å²) in [5.74, 6) is -0.964. The minimum atomic E-state index is -1.04. The SMILES string of the molecule is O=C(O)c1cc(Cl)ccc1SCc1ccccc1F. The number of aromatic carboxylic acids is 1. The van der Waals surface area contributed by atoms with E-state index in [2.05, 4.69) is 0 Å². The van der Waals surface area contributed by atoms with Gasteiger partial charge in [-0.2, -0.15) is 0 Å². The van der Waals surface area contributed by atoms with Gasteiger partial charge in [-0.05, 0) is 29.8 Å². The summed E-state index contributed by atoms with van der Waals surface area (Å²) in [7, 11) is 0. The van der Waals surface area contributed by atoms with Crippen molar-refractivity contribution in [2.24, 2.45) is 0 Å². The molecule has 0 atom stereocenters. The van der Waals surface area contributed by atoms with Crippen molar-refractivity contribution >= 4 is 29.3 Å². The molecule has 0 aromatic heterocycles. The summed E-state index contributed by atoms with van der Waals surface area (Å²) in [5, 5.41) is 9.46. The Kier molecular flexibility index (Phi) is 4.45. The van der Waals surface area contributed by atoms with Gasteiger partial charge < -0.3 is 5.11 Å². The van der Waals surface area contributed by atoms with Crippen molar-refractivity contribution in [1.82, 2.24) is 0 Å². The smallest absolute Gasteiger partial charge is 0.336 e. The minimum absolute atomic E-state index is 0.133. The fraction of sp³-hybridized carbons (Fsp3) is 0.0714. The highest BCUT2D eigenvalue weighted by molar-refractivity contribution is 7.98. The first-order valence-electron chi connectivity index (χ1n) is 5.47. The number of rotatable bonds is 4. The maximum atomic E-state index is 13.5. The Hall–Kier alpha value is -1.52. The van der Waals surface area contributed by atoms with Gasteiger partial charge in [0.2, 0.25) is 0 Å². The minimum Gasteiger partial charge on any atom is -0.478 e. The molecule has 2 nitrogen and oxygen atoms in total. The Bertz CT molecular complexity index is 616. The Balaban J connectivity index is 2.20. The fourth-order valence-corrected chi connectivity index (χ4v) is 2.75. The van der Waals surface area contributed by atoms with Crippen LogP contribution in [0.15, 0.2) is 47.4 Å². The van der Waals surface area contributed by atoms with Gasteiger partial charge in [-0.3, -0.25) is 0 Å². The van der Waals surface area contributed by atoms with Gasteiger partial charge in [0, 0.05) is 15.7 Å². The molecule has 5 heteroatoms. The first-order valence-corrected chi connectivity index (χ1v) is 6.83. The van der Waals surface area contributed by atoms with Crippen LogP contribution in [0.5, 0.6) is 0 Å². The van der Waals surface area contributed by atoms with E-state index in [1.807, 2.05) is 0 Å². The predicted molar refractivity (Wildman–Crippen MR) is 74.4 cm³/mol. The van der Waals surface area contributed by atoms with Crippen LogP contribution in [0.1, 0.15) is 15.9 Å². The van der Waals surface area contributed by atoms with Gasteiger partial charge in [-0.15, -0.1) is 11.8 Å². The Labute approximate surface area is 119 Å². The average Bonchev–Trinajstić information content (AvgIpc) is 2.38. The zero-order valence-corrected chi connectivity index (χ0v) is 11.3. The van der Waals surface area contributed by atoms with Crippen LogP contribution >= 0.6 is 23.4 Å². The number of hydrogen-bond acceptors (Lipinski definition) is 2. The van der Waals surface area contributed by atoms with Gasteiger partial charge in [-0.25, -0.2) is 9.18 Å². The fourth-order valence-electron chi connectivity index (χ4n) is 1.57. The number of hydrogen-bond donors (Lipinski definition) is 1. The van der Waals surface area contributed by atoms with Crippen molar-refractivity contribution in [3.8, 4) is 0 Å². The molecule has 0 unspecified atom stereocenters. The van der Waals surface area contributed by atoms with Gasteiger partial charge in [0.25, 0.3) is 0 Å². The lowest BCUT2D eigenvalue weighted by Gasteiger charge is -2.07. The van der Waals surface area contributed by atoms with Crippen LogP contribution in [0.2, 0.25) is 5.02 Å². The topological polar surface area (TPSA) is 37.3 Å². The highest BCUT2D eigenvalue weighted by Gasteiger charge is 2.12. The van der Waals surface area contributed by atoms with Crippen molar-refractivity contribution in [2.75, 3.05) is 0 Å². The van der Waals surface area contributed by atoms with E-state index in [-0.39, 0.29) is 11.4 Å². The lowest BCUT2D eigenvalue weighted by molar-refractivity contribution is 0.0693.